The molecule has 0 fully saturated rings. The lowest BCUT2D eigenvalue weighted by Crippen LogP contribution is -2.63. The summed E-state index contributed by atoms with van der Waals surface area (Å²) < 4.78 is 0. The summed E-state index contributed by atoms with van der Waals surface area (Å²) in [4.78, 5) is 42.0. The van der Waals surface area contributed by atoms with E-state index in [1.165, 1.54) is 11.0 Å². The van der Waals surface area contributed by atoms with Crippen molar-refractivity contribution in [2.24, 2.45) is 17.6 Å². The molecule has 0 aliphatic heterocycles. The van der Waals surface area contributed by atoms with Gasteiger partial charge in [-0.2, -0.15) is 0 Å². The Morgan fingerprint density at radius 3 is 2.22 bits per heavy atom. The zero-order valence-corrected chi connectivity index (χ0v) is 20.9. The molecule has 1 aromatic carbocycles. The number of nitrogens with two attached hydrogens (primary N) is 1. The van der Waals surface area contributed by atoms with Crippen LogP contribution in [0.15, 0.2) is 34.8 Å². The molecule has 196 valence electrons. The molecule has 1 amide bonds. The van der Waals surface area contributed by atoms with E-state index >= 15 is 0 Å². The number of aromatic hydroxyl groups is 1. The minimum Gasteiger partial charge on any atom is -0.510 e. The first kappa shape index (κ1) is 27.2. The predicted molar refractivity (Wildman–Crippen MR) is 131 cm³/mol. The van der Waals surface area contributed by atoms with Crippen LogP contribution in [-0.2, 0) is 16.0 Å². The number of fused-ring (bicyclic) bond motifs is 3. The van der Waals surface area contributed by atoms with Crippen LogP contribution in [0, 0.1) is 11.8 Å². The summed E-state index contributed by atoms with van der Waals surface area (Å²) in [6, 6.07) is 2.06. The third-order valence-electron chi connectivity index (χ3n) is 7.06. The topological polar surface area (TPSA) is 185 Å². The summed E-state index contributed by atoms with van der Waals surface area (Å²) in [6.07, 6.45) is 0.324. The largest absolute Gasteiger partial charge is 0.510 e. The van der Waals surface area contributed by atoms with E-state index in [0.29, 0.717) is 5.56 Å². The highest BCUT2D eigenvalue weighted by molar-refractivity contribution is 6.24. The molecule has 3 aliphatic carbocycles. The number of likely N-dealkylation sites (N-methyl/N-ethyl adjacent to an activating group) is 1. The normalized spacial score (nSPS) is 27.2. The van der Waals surface area contributed by atoms with Gasteiger partial charge in [-0.1, -0.05) is 0 Å². The zero-order valence-electron chi connectivity index (χ0n) is 20.9. The van der Waals surface area contributed by atoms with Gasteiger partial charge in [0.25, 0.3) is 5.91 Å². The number of allylic oxidation sites excluding steroid dienone is 1. The number of Topliss-reactive ketones (excluding diaryl/α,β-unsaturated/α-hetero) is 2. The number of hydrogen-bond acceptors (Lipinski definition) is 10. The van der Waals surface area contributed by atoms with Crippen LogP contribution < -0.4 is 10.6 Å². The molecule has 11 heteroatoms. The van der Waals surface area contributed by atoms with E-state index in [-0.39, 0.29) is 36.3 Å². The van der Waals surface area contributed by atoms with E-state index in [9.17, 15) is 34.8 Å². The lowest BCUT2D eigenvalue weighted by Gasteiger charge is -2.50. The maximum Gasteiger partial charge on any atom is 0.255 e. The monoisotopic (exact) mass is 503 g/mol. The van der Waals surface area contributed by atoms with E-state index in [2.05, 4.69) is 0 Å². The molecule has 4 atom stereocenters. The Hall–Kier alpha value is -3.41. The van der Waals surface area contributed by atoms with Crippen molar-refractivity contribution in [2.45, 2.75) is 31.4 Å². The molecule has 0 aromatic heterocycles. The predicted octanol–water partition coefficient (Wildman–Crippen LogP) is 0.185. The van der Waals surface area contributed by atoms with E-state index < -0.39 is 58.0 Å². The van der Waals surface area contributed by atoms with Crippen molar-refractivity contribution < 1.29 is 39.9 Å². The van der Waals surface area contributed by atoms with Crippen LogP contribution in [0.25, 0.3) is 0 Å². The van der Waals surface area contributed by atoms with Gasteiger partial charge in [0.2, 0.25) is 5.78 Å². The highest BCUT2D eigenvalue weighted by atomic mass is 16.3. The number of rotatable bonds is 3. The Morgan fingerprint density at radius 2 is 1.72 bits per heavy atom. The van der Waals surface area contributed by atoms with Gasteiger partial charge in [0.15, 0.2) is 11.4 Å². The summed E-state index contributed by atoms with van der Waals surface area (Å²) in [7, 11) is 6.79. The van der Waals surface area contributed by atoms with Crippen molar-refractivity contribution in [3.63, 3.8) is 0 Å². The number of phenolic OH excluding ortho intramolecular Hbond substituents is 1. The summed E-state index contributed by atoms with van der Waals surface area (Å²) in [6.45, 7) is 1.93. The molecule has 0 heterocycles. The van der Waals surface area contributed by atoms with Crippen molar-refractivity contribution in [3.8, 4) is 5.75 Å². The number of amides is 1. The number of ketones is 2. The molecule has 36 heavy (non-hydrogen) atoms. The summed E-state index contributed by atoms with van der Waals surface area (Å²) >= 11 is 0. The molecule has 7 N–H and O–H groups in total. The number of benzene rings is 1. The van der Waals surface area contributed by atoms with Crippen molar-refractivity contribution in [2.75, 3.05) is 39.7 Å². The number of primary amides is 1. The molecule has 4 rings (SSSR count). The number of aliphatic hydroxyl groups excluding tert-OH is 3. The van der Waals surface area contributed by atoms with Gasteiger partial charge in [-0.15, -0.1) is 0 Å². The fourth-order valence-corrected chi connectivity index (χ4v) is 5.65. The average Bonchev–Trinajstić information content (AvgIpc) is 2.76. The molecule has 0 radical (unpaired) electrons. The quantitative estimate of drug-likeness (QED) is 0.311. The Morgan fingerprint density at radius 1 is 1.14 bits per heavy atom. The van der Waals surface area contributed by atoms with Crippen molar-refractivity contribution >= 4 is 23.2 Å². The third kappa shape index (κ3) is 3.83. The molecule has 0 unspecified atom stereocenters. The highest BCUT2D eigenvalue weighted by Crippen LogP contribution is 2.52. The van der Waals surface area contributed by atoms with Gasteiger partial charge >= 0.3 is 0 Å². The number of hydrogen-bond donors (Lipinski definition) is 6. The van der Waals surface area contributed by atoms with Crippen molar-refractivity contribution in [1.82, 2.24) is 4.90 Å². The maximum atomic E-state index is 13.5. The van der Waals surface area contributed by atoms with E-state index in [0.717, 1.165) is 5.69 Å². The first-order valence-electron chi connectivity index (χ1n) is 11.5. The lowest BCUT2D eigenvalue weighted by molar-refractivity contribution is -0.148. The number of anilines is 1. The summed E-state index contributed by atoms with van der Waals surface area (Å²) in [5, 5.41) is 51.5. The molecule has 0 bridgehead atoms. The van der Waals surface area contributed by atoms with Gasteiger partial charge in [0.05, 0.1) is 11.6 Å². The molecule has 0 spiro atoms. The molecule has 11 nitrogen and oxygen atoms in total. The Labute approximate surface area is 208 Å². The average molecular weight is 504 g/mol. The summed E-state index contributed by atoms with van der Waals surface area (Å²) in [5.41, 5.74) is 3.02. The molecule has 3 aliphatic rings. The SMILES string of the molecule is CCO.CN(C)c1ccc(O)c2c1C[C@H]1C[C@H]3[C@H](N(C)C)C(O)=C(C(N)=O)C(=O)[C@@]3(O)C(O)=C1C2=O. The maximum absolute atomic E-state index is 13.5. The molecular formula is C25H33N3O8. The minimum atomic E-state index is -2.63. The van der Waals surface area contributed by atoms with Crippen LogP contribution in [0.4, 0.5) is 5.69 Å². The van der Waals surface area contributed by atoms with Crippen molar-refractivity contribution in [1.29, 1.82) is 0 Å². The lowest BCUT2D eigenvalue weighted by atomic mass is 9.58. The minimum absolute atomic E-state index is 0.00184. The third-order valence-corrected chi connectivity index (χ3v) is 7.06. The van der Waals surface area contributed by atoms with Crippen molar-refractivity contribution in [3.05, 3.63) is 45.9 Å². The number of carbonyl (C=O) groups excluding carboxylic acids is 3. The second-order valence-corrected chi connectivity index (χ2v) is 9.63. The van der Waals surface area contributed by atoms with Gasteiger partial charge in [0, 0.05) is 37.9 Å². The van der Waals surface area contributed by atoms with Crippen LogP contribution in [0.3, 0.4) is 0 Å². The van der Waals surface area contributed by atoms with Gasteiger partial charge in [0.1, 0.15) is 22.8 Å². The van der Waals surface area contributed by atoms with Crippen LogP contribution >= 0.6 is 0 Å². The van der Waals surface area contributed by atoms with E-state index in [1.54, 1.807) is 46.1 Å². The fraction of sp³-hybridized carbons (Fsp3) is 0.480. The van der Waals surface area contributed by atoms with Gasteiger partial charge in [-0.05, 0) is 57.5 Å². The molecule has 1 aromatic rings. The Balaban J connectivity index is 0.00000115. The second kappa shape index (κ2) is 9.57. The van der Waals surface area contributed by atoms with Crippen LogP contribution in [0.1, 0.15) is 29.3 Å². The first-order chi connectivity index (χ1) is 16.7. The number of aliphatic hydroxyl groups is 4. The highest BCUT2D eigenvalue weighted by Gasteiger charge is 2.63. The standard InChI is InChI=1S/C23H27N3O7.C2H6O/c1-25(2)12-5-6-13(27)15-10(12)7-9-8-11-17(26(3)4)19(29)16(22(24)32)21(31)23(11,33)20(30)14(9)18(15)28;1-2-3/h5-6,9,11,17,27,29-30,33H,7-8H2,1-4H3,(H2,24,32);3H,2H2,1H3/t9-,11-,17-,23-;/m0./s1. The number of phenols is 1. The van der Waals surface area contributed by atoms with Crippen LogP contribution in [0.2, 0.25) is 0 Å². The molecular weight excluding hydrogens is 470 g/mol. The zero-order chi connectivity index (χ0) is 27.3. The molecule has 0 saturated heterocycles. The Bertz CT molecular complexity index is 1190. The number of nitrogens with zero attached hydrogens (tertiary/aromatic N) is 2. The van der Waals surface area contributed by atoms with Gasteiger partial charge in [-0.3, -0.25) is 19.3 Å². The molecule has 0 saturated carbocycles. The summed E-state index contributed by atoms with van der Waals surface area (Å²) in [5.74, 6) is -6.53. The van der Waals surface area contributed by atoms with Crippen LogP contribution in [0.5, 0.6) is 5.75 Å². The van der Waals surface area contributed by atoms with E-state index in [1.807, 2.05) is 0 Å². The Kier molecular flexibility index (Phi) is 7.22. The van der Waals surface area contributed by atoms with E-state index in [4.69, 9.17) is 10.8 Å². The first-order valence-corrected chi connectivity index (χ1v) is 11.5. The van der Waals surface area contributed by atoms with Crippen LogP contribution in [-0.4, -0.2) is 94.3 Å². The van der Waals surface area contributed by atoms with Gasteiger partial charge in [-0.25, -0.2) is 0 Å². The van der Waals surface area contributed by atoms with Gasteiger partial charge < -0.3 is 36.2 Å². The second-order valence-electron chi connectivity index (χ2n) is 9.63. The smallest absolute Gasteiger partial charge is 0.255 e. The fourth-order valence-electron chi connectivity index (χ4n) is 5.65. The number of carbonyl (C=O) groups is 3.